The zero-order valence-corrected chi connectivity index (χ0v) is 5.89. The molecule has 0 unspecified atom stereocenters. The van der Waals surface area contributed by atoms with Gasteiger partial charge in [0.25, 0.3) is 0 Å². The number of hydrogen-bond donors (Lipinski definition) is 0. The SMILES string of the molecule is [CH2]C(Cl)(Cl)CCC. The molecule has 0 aromatic carbocycles. The second-order valence-corrected chi connectivity index (χ2v) is 3.25. The lowest BCUT2D eigenvalue weighted by Gasteiger charge is -2.08. The fourth-order valence-corrected chi connectivity index (χ4v) is 0.744. The van der Waals surface area contributed by atoms with Crippen LogP contribution in [0.4, 0.5) is 0 Å². The third-order valence-electron chi connectivity index (χ3n) is 0.616. The fraction of sp³-hybridized carbons (Fsp3) is 0.800. The Morgan fingerprint density at radius 2 is 2.00 bits per heavy atom. The first-order chi connectivity index (χ1) is 3.06. The van der Waals surface area contributed by atoms with Gasteiger partial charge >= 0.3 is 0 Å². The maximum absolute atomic E-state index is 5.49. The van der Waals surface area contributed by atoms with Crippen molar-refractivity contribution in [2.24, 2.45) is 0 Å². The van der Waals surface area contributed by atoms with Gasteiger partial charge < -0.3 is 0 Å². The highest BCUT2D eigenvalue weighted by molar-refractivity contribution is 6.48. The van der Waals surface area contributed by atoms with Crippen LogP contribution in [0.3, 0.4) is 0 Å². The first kappa shape index (κ1) is 7.58. The first-order valence-electron chi connectivity index (χ1n) is 2.29. The standard InChI is InChI=1S/C5H9Cl2/c1-3-4-5(2,6)7/h2-4H2,1H3. The van der Waals surface area contributed by atoms with Crippen LogP contribution in [0, 0.1) is 6.92 Å². The van der Waals surface area contributed by atoms with E-state index in [4.69, 9.17) is 23.2 Å². The minimum atomic E-state index is -0.755. The second-order valence-electron chi connectivity index (χ2n) is 1.61. The Morgan fingerprint density at radius 3 is 2.00 bits per heavy atom. The maximum atomic E-state index is 5.49. The van der Waals surface area contributed by atoms with E-state index in [2.05, 4.69) is 6.92 Å². The number of halogens is 2. The van der Waals surface area contributed by atoms with Gasteiger partial charge in [-0.05, 0) is 13.3 Å². The Balaban J connectivity index is 3.15. The minimum absolute atomic E-state index is 0.755. The second kappa shape index (κ2) is 2.78. The third kappa shape index (κ3) is 6.58. The van der Waals surface area contributed by atoms with Gasteiger partial charge in [0.1, 0.15) is 4.33 Å². The molecule has 7 heavy (non-hydrogen) atoms. The smallest absolute Gasteiger partial charge is 0.102 e. The topological polar surface area (TPSA) is 0 Å². The summed E-state index contributed by atoms with van der Waals surface area (Å²) in [5, 5.41) is 0. The average Bonchev–Trinajstić information content (AvgIpc) is 1.30. The lowest BCUT2D eigenvalue weighted by Crippen LogP contribution is -2.03. The van der Waals surface area contributed by atoms with Crippen molar-refractivity contribution in [2.75, 3.05) is 0 Å². The molecular formula is C5H9Cl2. The highest BCUT2D eigenvalue weighted by Crippen LogP contribution is 2.24. The zero-order valence-electron chi connectivity index (χ0n) is 4.38. The van der Waals surface area contributed by atoms with E-state index >= 15 is 0 Å². The lowest BCUT2D eigenvalue weighted by atomic mass is 10.3. The highest BCUT2D eigenvalue weighted by Gasteiger charge is 2.13. The van der Waals surface area contributed by atoms with Crippen LogP contribution in [0.2, 0.25) is 0 Å². The maximum Gasteiger partial charge on any atom is 0.118 e. The molecule has 0 bridgehead atoms. The van der Waals surface area contributed by atoms with Gasteiger partial charge in [-0.25, -0.2) is 0 Å². The van der Waals surface area contributed by atoms with Crippen LogP contribution in [-0.2, 0) is 0 Å². The molecule has 0 N–H and O–H groups in total. The summed E-state index contributed by atoms with van der Waals surface area (Å²) >= 11 is 11.0. The molecule has 0 aliphatic heterocycles. The summed E-state index contributed by atoms with van der Waals surface area (Å²) in [7, 11) is 0. The summed E-state index contributed by atoms with van der Waals surface area (Å²) < 4.78 is -0.755. The summed E-state index contributed by atoms with van der Waals surface area (Å²) in [6, 6.07) is 0. The van der Waals surface area contributed by atoms with Crippen molar-refractivity contribution in [3.8, 4) is 0 Å². The van der Waals surface area contributed by atoms with Crippen molar-refractivity contribution in [3.63, 3.8) is 0 Å². The Labute approximate surface area is 54.8 Å². The van der Waals surface area contributed by atoms with Gasteiger partial charge in [0.05, 0.1) is 0 Å². The minimum Gasteiger partial charge on any atom is -0.102 e. The molecule has 0 aromatic rings. The summed E-state index contributed by atoms with van der Waals surface area (Å²) in [4.78, 5) is 0. The van der Waals surface area contributed by atoms with Crippen LogP contribution in [0.5, 0.6) is 0 Å². The predicted octanol–water partition coefficient (Wildman–Crippen LogP) is 2.79. The summed E-state index contributed by atoms with van der Waals surface area (Å²) in [6.07, 6.45) is 1.74. The molecule has 0 rings (SSSR count). The van der Waals surface area contributed by atoms with E-state index in [1.165, 1.54) is 0 Å². The van der Waals surface area contributed by atoms with Crippen molar-refractivity contribution in [1.82, 2.24) is 0 Å². The van der Waals surface area contributed by atoms with Crippen LogP contribution in [0.25, 0.3) is 0 Å². The fourth-order valence-electron chi connectivity index (χ4n) is 0.366. The zero-order chi connectivity index (χ0) is 5.91. The average molecular weight is 140 g/mol. The molecule has 0 saturated heterocycles. The Hall–Kier alpha value is 0.580. The van der Waals surface area contributed by atoms with Gasteiger partial charge in [-0.1, -0.05) is 13.3 Å². The van der Waals surface area contributed by atoms with E-state index in [1.807, 2.05) is 6.92 Å². The number of alkyl halides is 2. The van der Waals surface area contributed by atoms with E-state index in [9.17, 15) is 0 Å². The summed E-state index contributed by atoms with van der Waals surface area (Å²) in [5.74, 6) is 0. The largest absolute Gasteiger partial charge is 0.118 e. The molecule has 0 fully saturated rings. The molecule has 1 radical (unpaired) electrons. The Morgan fingerprint density at radius 1 is 1.57 bits per heavy atom. The van der Waals surface area contributed by atoms with E-state index in [0.717, 1.165) is 12.8 Å². The Kier molecular flexibility index (Phi) is 3.01. The molecule has 0 heterocycles. The molecule has 0 nitrogen and oxygen atoms in total. The van der Waals surface area contributed by atoms with Gasteiger partial charge in [0, 0.05) is 0 Å². The summed E-state index contributed by atoms with van der Waals surface area (Å²) in [5.41, 5.74) is 0. The molecule has 0 aromatic heterocycles. The van der Waals surface area contributed by atoms with Gasteiger partial charge in [-0.15, -0.1) is 23.2 Å². The molecule has 0 amide bonds. The number of rotatable bonds is 2. The monoisotopic (exact) mass is 139 g/mol. The highest BCUT2D eigenvalue weighted by atomic mass is 35.5. The van der Waals surface area contributed by atoms with E-state index in [1.54, 1.807) is 0 Å². The predicted molar refractivity (Wildman–Crippen MR) is 34.7 cm³/mol. The van der Waals surface area contributed by atoms with Crippen LogP contribution >= 0.6 is 23.2 Å². The van der Waals surface area contributed by atoms with Crippen molar-refractivity contribution in [2.45, 2.75) is 24.1 Å². The molecule has 0 aliphatic carbocycles. The van der Waals surface area contributed by atoms with E-state index in [-0.39, 0.29) is 0 Å². The lowest BCUT2D eigenvalue weighted by molar-refractivity contribution is 0.774. The molecule has 0 aliphatic rings. The number of hydrogen-bond acceptors (Lipinski definition) is 0. The van der Waals surface area contributed by atoms with Crippen molar-refractivity contribution in [1.29, 1.82) is 0 Å². The van der Waals surface area contributed by atoms with E-state index < -0.39 is 4.33 Å². The van der Waals surface area contributed by atoms with Crippen molar-refractivity contribution in [3.05, 3.63) is 6.92 Å². The molecule has 0 spiro atoms. The third-order valence-corrected chi connectivity index (χ3v) is 0.994. The van der Waals surface area contributed by atoms with Crippen LogP contribution in [0.15, 0.2) is 0 Å². The van der Waals surface area contributed by atoms with Crippen molar-refractivity contribution < 1.29 is 0 Å². The van der Waals surface area contributed by atoms with Gasteiger partial charge in [0.15, 0.2) is 0 Å². The quantitative estimate of drug-likeness (QED) is 0.517. The van der Waals surface area contributed by atoms with Crippen LogP contribution in [-0.4, -0.2) is 4.33 Å². The molecular weight excluding hydrogens is 131 g/mol. The van der Waals surface area contributed by atoms with Gasteiger partial charge in [-0.3, -0.25) is 0 Å². The molecule has 2 heteroatoms. The van der Waals surface area contributed by atoms with Gasteiger partial charge in [0.2, 0.25) is 0 Å². The summed E-state index contributed by atoms with van der Waals surface area (Å²) in [6.45, 7) is 5.51. The van der Waals surface area contributed by atoms with Crippen molar-refractivity contribution >= 4 is 23.2 Å². The Bertz CT molecular complexity index is 44.5. The normalized spacial score (nSPS) is 12.0. The molecule has 43 valence electrons. The van der Waals surface area contributed by atoms with Gasteiger partial charge in [-0.2, -0.15) is 0 Å². The molecule has 0 atom stereocenters. The van der Waals surface area contributed by atoms with Crippen LogP contribution in [0.1, 0.15) is 19.8 Å². The molecule has 0 saturated carbocycles. The van der Waals surface area contributed by atoms with Crippen LogP contribution < -0.4 is 0 Å². The first-order valence-corrected chi connectivity index (χ1v) is 3.05. The van der Waals surface area contributed by atoms with E-state index in [0.29, 0.717) is 0 Å².